The summed E-state index contributed by atoms with van der Waals surface area (Å²) < 4.78 is 0. The fraction of sp³-hybridized carbons (Fsp3) is 0. The number of nitrogens with one attached hydrogen (secondary N) is 2. The molecule has 9 nitrogen and oxygen atoms in total. The molecule has 0 spiro atoms. The molecule has 0 saturated carbocycles. The number of rotatable bonds is 0. The Kier molecular flexibility index (Phi) is 5.90. The van der Waals surface area contributed by atoms with Crippen LogP contribution in [0.1, 0.15) is 11.1 Å². The van der Waals surface area contributed by atoms with Gasteiger partial charge in [-0.2, -0.15) is 10.5 Å². The first-order valence-corrected chi connectivity index (χ1v) is 8.98. The zero-order chi connectivity index (χ0) is 22.0. The van der Waals surface area contributed by atoms with Crippen LogP contribution in [-0.2, 0) is 0 Å². The molecular formula is C18H7Cl3N6O3. The van der Waals surface area contributed by atoms with Crippen LogP contribution < -0.4 is 11.1 Å². The van der Waals surface area contributed by atoms with Gasteiger partial charge in [-0.3, -0.25) is 9.59 Å². The third-order valence-electron chi connectivity index (χ3n) is 3.86. The standard InChI is InChI=1S/C9H3Cl2N3O.C9H4ClN3O2/c10-7-1-4-6(3-13-7)14-9(15)5(2-12)8(4)11;10-7-1-4-6(3-12-7)13-9(15)5(2-11)8(4)14/h1,3H,(H,14,15);1,3H,(H2,13,14,15). The molecule has 0 saturated heterocycles. The highest BCUT2D eigenvalue weighted by atomic mass is 35.5. The third-order valence-corrected chi connectivity index (χ3v) is 4.67. The van der Waals surface area contributed by atoms with Crippen LogP contribution in [0.25, 0.3) is 21.8 Å². The van der Waals surface area contributed by atoms with Crippen molar-refractivity contribution in [1.82, 2.24) is 19.9 Å². The molecule has 0 atom stereocenters. The monoisotopic (exact) mass is 460 g/mol. The lowest BCUT2D eigenvalue weighted by molar-refractivity contribution is 0.478. The average Bonchev–Trinajstić information content (AvgIpc) is 2.70. The first-order valence-electron chi connectivity index (χ1n) is 7.84. The SMILES string of the molecule is N#Cc1c(Cl)c2cc(Cl)ncc2[nH]c1=O.N#Cc1c(O)c2cc(Cl)ncc2[nH]c1=O. The van der Waals surface area contributed by atoms with E-state index in [2.05, 4.69) is 19.9 Å². The van der Waals surface area contributed by atoms with Crippen molar-refractivity contribution in [3.05, 3.63) is 71.7 Å². The minimum Gasteiger partial charge on any atom is -0.506 e. The molecule has 0 aliphatic carbocycles. The minimum absolute atomic E-state index is 0.0977. The molecular weight excluding hydrogens is 455 g/mol. The Morgan fingerprint density at radius 2 is 1.30 bits per heavy atom. The van der Waals surface area contributed by atoms with Crippen molar-refractivity contribution in [1.29, 1.82) is 10.5 Å². The molecule has 4 aromatic rings. The number of fused-ring (bicyclic) bond motifs is 2. The van der Waals surface area contributed by atoms with E-state index in [0.717, 1.165) is 0 Å². The number of aromatic amines is 2. The van der Waals surface area contributed by atoms with Crippen LogP contribution in [0.2, 0.25) is 15.3 Å². The van der Waals surface area contributed by atoms with Crippen LogP contribution in [0.5, 0.6) is 5.75 Å². The lowest BCUT2D eigenvalue weighted by Crippen LogP contribution is -2.10. The van der Waals surface area contributed by atoms with Crippen molar-refractivity contribution in [3.63, 3.8) is 0 Å². The number of aromatic nitrogens is 4. The van der Waals surface area contributed by atoms with Gasteiger partial charge in [0.15, 0.2) is 5.56 Å². The van der Waals surface area contributed by atoms with Crippen molar-refractivity contribution in [2.24, 2.45) is 0 Å². The van der Waals surface area contributed by atoms with Gasteiger partial charge >= 0.3 is 0 Å². The Morgan fingerprint density at radius 1 is 0.833 bits per heavy atom. The normalized spacial score (nSPS) is 10.2. The predicted molar refractivity (Wildman–Crippen MR) is 111 cm³/mol. The Hall–Kier alpha value is -3.63. The minimum atomic E-state index is -0.647. The van der Waals surface area contributed by atoms with Crippen molar-refractivity contribution in [3.8, 4) is 17.9 Å². The molecule has 4 aromatic heterocycles. The smallest absolute Gasteiger partial charge is 0.270 e. The topological polar surface area (TPSA) is 159 Å². The molecule has 12 heteroatoms. The average molecular weight is 462 g/mol. The maximum atomic E-state index is 11.3. The Bertz CT molecular complexity index is 1400. The summed E-state index contributed by atoms with van der Waals surface area (Å²) in [5.41, 5.74) is -0.837. The van der Waals surface area contributed by atoms with E-state index in [1.807, 2.05) is 0 Å². The maximum absolute atomic E-state index is 11.3. The highest BCUT2D eigenvalue weighted by Gasteiger charge is 2.12. The summed E-state index contributed by atoms with van der Waals surface area (Å²) in [5, 5.41) is 28.3. The molecule has 0 aromatic carbocycles. The molecule has 0 aliphatic rings. The lowest BCUT2D eigenvalue weighted by atomic mass is 10.2. The molecule has 0 fully saturated rings. The van der Waals surface area contributed by atoms with Crippen LogP contribution in [0, 0.1) is 22.7 Å². The number of halogens is 3. The summed E-state index contributed by atoms with van der Waals surface area (Å²) in [6.45, 7) is 0. The second-order valence-corrected chi connectivity index (χ2v) is 6.80. The van der Waals surface area contributed by atoms with Gasteiger partial charge in [0.25, 0.3) is 11.1 Å². The number of nitriles is 2. The molecule has 0 unspecified atom stereocenters. The van der Waals surface area contributed by atoms with Crippen LogP contribution in [0.4, 0.5) is 0 Å². The summed E-state index contributed by atoms with van der Waals surface area (Å²) in [6.07, 6.45) is 2.71. The number of hydrogen-bond donors (Lipinski definition) is 3. The summed E-state index contributed by atoms with van der Waals surface area (Å²) in [7, 11) is 0. The largest absolute Gasteiger partial charge is 0.506 e. The van der Waals surface area contributed by atoms with Gasteiger partial charge in [0.05, 0.1) is 28.4 Å². The summed E-state index contributed by atoms with van der Waals surface area (Å²) in [6, 6.07) is 6.23. The second-order valence-electron chi connectivity index (χ2n) is 5.65. The first kappa shape index (κ1) is 21.1. The van der Waals surface area contributed by atoms with Gasteiger partial charge in [-0.1, -0.05) is 34.8 Å². The van der Waals surface area contributed by atoms with E-state index in [1.54, 1.807) is 12.1 Å². The van der Waals surface area contributed by atoms with Crippen molar-refractivity contribution >= 4 is 56.6 Å². The van der Waals surface area contributed by atoms with Crippen LogP contribution in [0.3, 0.4) is 0 Å². The molecule has 148 valence electrons. The molecule has 0 amide bonds. The first-order chi connectivity index (χ1) is 14.3. The molecule has 4 rings (SSSR count). The van der Waals surface area contributed by atoms with Gasteiger partial charge in [-0.05, 0) is 12.1 Å². The van der Waals surface area contributed by atoms with E-state index in [4.69, 9.17) is 45.3 Å². The fourth-order valence-electron chi connectivity index (χ4n) is 2.49. The van der Waals surface area contributed by atoms with Crippen molar-refractivity contribution in [2.75, 3.05) is 0 Å². The summed E-state index contributed by atoms with van der Waals surface area (Å²) in [4.78, 5) is 35.1. The Labute approximate surface area is 181 Å². The molecule has 0 aliphatic heterocycles. The highest BCUT2D eigenvalue weighted by Crippen LogP contribution is 2.26. The van der Waals surface area contributed by atoms with Gasteiger partial charge in [0.2, 0.25) is 0 Å². The van der Waals surface area contributed by atoms with Crippen molar-refractivity contribution in [2.45, 2.75) is 0 Å². The third kappa shape index (κ3) is 3.91. The van der Waals surface area contributed by atoms with E-state index in [1.165, 1.54) is 24.5 Å². The van der Waals surface area contributed by atoms with Gasteiger partial charge in [0.1, 0.15) is 33.8 Å². The van der Waals surface area contributed by atoms with E-state index in [0.29, 0.717) is 21.8 Å². The molecule has 30 heavy (non-hydrogen) atoms. The highest BCUT2D eigenvalue weighted by molar-refractivity contribution is 6.37. The Balaban J connectivity index is 0.000000171. The zero-order valence-electron chi connectivity index (χ0n) is 14.5. The van der Waals surface area contributed by atoms with Crippen LogP contribution in [-0.4, -0.2) is 25.0 Å². The maximum Gasteiger partial charge on any atom is 0.270 e. The van der Waals surface area contributed by atoms with Gasteiger partial charge in [-0.25, -0.2) is 9.97 Å². The molecule has 0 radical (unpaired) electrons. The zero-order valence-corrected chi connectivity index (χ0v) is 16.8. The fourth-order valence-corrected chi connectivity index (χ4v) is 3.09. The number of hydrogen-bond acceptors (Lipinski definition) is 7. The van der Waals surface area contributed by atoms with Crippen LogP contribution >= 0.6 is 34.8 Å². The predicted octanol–water partition coefficient (Wildman–Crippen LogP) is 3.26. The molecule has 4 heterocycles. The molecule has 3 N–H and O–H groups in total. The van der Waals surface area contributed by atoms with E-state index < -0.39 is 11.1 Å². The number of pyridine rings is 4. The lowest BCUT2D eigenvalue weighted by Gasteiger charge is -2.01. The summed E-state index contributed by atoms with van der Waals surface area (Å²) >= 11 is 17.2. The van der Waals surface area contributed by atoms with Gasteiger partial charge in [-0.15, -0.1) is 0 Å². The second kappa shape index (κ2) is 8.39. The Morgan fingerprint density at radius 3 is 1.83 bits per heavy atom. The van der Waals surface area contributed by atoms with E-state index in [9.17, 15) is 14.7 Å². The quantitative estimate of drug-likeness (QED) is 0.339. The van der Waals surface area contributed by atoms with Gasteiger partial charge in [0, 0.05) is 10.8 Å². The van der Waals surface area contributed by atoms with Crippen molar-refractivity contribution < 1.29 is 5.11 Å². The van der Waals surface area contributed by atoms with E-state index in [-0.39, 0.29) is 32.2 Å². The number of H-pyrrole nitrogens is 2. The molecule has 0 bridgehead atoms. The van der Waals surface area contributed by atoms with E-state index >= 15 is 0 Å². The van der Waals surface area contributed by atoms with Gasteiger partial charge < -0.3 is 15.1 Å². The van der Waals surface area contributed by atoms with Crippen LogP contribution in [0.15, 0.2) is 34.1 Å². The number of nitrogens with zero attached hydrogens (tertiary/aromatic N) is 4. The summed E-state index contributed by atoms with van der Waals surface area (Å²) in [5.74, 6) is -0.374. The number of aromatic hydroxyl groups is 1.